The average molecular weight is 302 g/mol. The lowest BCUT2D eigenvalue weighted by Gasteiger charge is -2.11. The minimum Gasteiger partial charge on any atom is -0.0841 e. The van der Waals surface area contributed by atoms with Gasteiger partial charge in [-0.25, -0.2) is 0 Å². The van der Waals surface area contributed by atoms with E-state index in [-0.39, 0.29) is 4.83 Å². The zero-order valence-electron chi connectivity index (χ0n) is 7.17. The number of hydrogen-bond donors (Lipinski definition) is 0. The summed E-state index contributed by atoms with van der Waals surface area (Å²) in [7, 11) is 0. The fourth-order valence-corrected chi connectivity index (χ4v) is 2.32. The maximum Gasteiger partial charge on any atom is 0.0639 e. The predicted molar refractivity (Wildman–Crippen MR) is 63.6 cm³/mol. The molecule has 0 aliphatic carbocycles. The molecule has 0 saturated carbocycles. The molecule has 0 heterocycles. The van der Waals surface area contributed by atoms with Crippen molar-refractivity contribution in [3.8, 4) is 0 Å². The molecule has 0 spiro atoms. The fourth-order valence-electron chi connectivity index (χ4n) is 0.994. The summed E-state index contributed by atoms with van der Waals surface area (Å²) in [5.41, 5.74) is 1.74. The Labute approximate surface area is 101 Å². The molecule has 4 heteroatoms. The molecule has 0 fully saturated rings. The van der Waals surface area contributed by atoms with Crippen LogP contribution in [0.3, 0.4) is 0 Å². The van der Waals surface area contributed by atoms with Crippen molar-refractivity contribution in [3.63, 3.8) is 0 Å². The van der Waals surface area contributed by atoms with Crippen LogP contribution in [0.1, 0.15) is 22.9 Å². The first-order valence-corrected chi connectivity index (χ1v) is 5.78. The van der Waals surface area contributed by atoms with Crippen LogP contribution in [0.2, 0.25) is 15.1 Å². The van der Waals surface area contributed by atoms with Crippen LogP contribution in [0.5, 0.6) is 0 Å². The number of benzene rings is 1. The highest BCUT2D eigenvalue weighted by Crippen LogP contribution is 2.39. The third-order valence-corrected chi connectivity index (χ3v) is 3.71. The van der Waals surface area contributed by atoms with Crippen LogP contribution in [0.4, 0.5) is 0 Å². The van der Waals surface area contributed by atoms with Crippen molar-refractivity contribution in [1.29, 1.82) is 0 Å². The van der Waals surface area contributed by atoms with Gasteiger partial charge in [0.05, 0.1) is 10.0 Å². The smallest absolute Gasteiger partial charge is 0.0639 e. The number of rotatable bonds is 1. The molecule has 0 radical (unpaired) electrons. The minimum atomic E-state index is 0.149. The summed E-state index contributed by atoms with van der Waals surface area (Å²) in [5.74, 6) is 0. The number of hydrogen-bond acceptors (Lipinski definition) is 0. The first-order chi connectivity index (χ1) is 5.95. The number of halogens is 4. The molecule has 1 aromatic rings. The number of alkyl halides is 1. The van der Waals surface area contributed by atoms with Crippen LogP contribution in [-0.2, 0) is 0 Å². The second-order valence-corrected chi connectivity index (χ2v) is 5.35. The molecule has 1 unspecified atom stereocenters. The summed E-state index contributed by atoms with van der Waals surface area (Å²) in [6.07, 6.45) is 0. The summed E-state index contributed by atoms with van der Waals surface area (Å²) in [6, 6.07) is 1.84. The van der Waals surface area contributed by atoms with Crippen molar-refractivity contribution in [2.75, 3.05) is 0 Å². The van der Waals surface area contributed by atoms with Crippen LogP contribution < -0.4 is 0 Å². The largest absolute Gasteiger partial charge is 0.0841 e. The van der Waals surface area contributed by atoms with Gasteiger partial charge in [-0.1, -0.05) is 50.7 Å². The van der Waals surface area contributed by atoms with E-state index in [0.29, 0.717) is 15.1 Å². The topological polar surface area (TPSA) is 0 Å². The van der Waals surface area contributed by atoms with Gasteiger partial charge < -0.3 is 0 Å². The first-order valence-electron chi connectivity index (χ1n) is 3.73. The summed E-state index contributed by atoms with van der Waals surface area (Å²) in [5, 5.41) is 1.76. The molecule has 0 amide bonds. The van der Waals surface area contributed by atoms with Gasteiger partial charge in [0.15, 0.2) is 0 Å². The quantitative estimate of drug-likeness (QED) is 0.480. The van der Waals surface area contributed by atoms with Gasteiger partial charge in [0.2, 0.25) is 0 Å². The third-order valence-electron chi connectivity index (χ3n) is 1.84. The zero-order valence-corrected chi connectivity index (χ0v) is 11.0. The van der Waals surface area contributed by atoms with Crippen molar-refractivity contribution in [3.05, 3.63) is 32.3 Å². The van der Waals surface area contributed by atoms with Crippen LogP contribution in [0.25, 0.3) is 0 Å². The normalized spacial score (nSPS) is 13.1. The Balaban J connectivity index is 3.41. The summed E-state index contributed by atoms with van der Waals surface area (Å²) < 4.78 is 0. The van der Waals surface area contributed by atoms with E-state index in [0.717, 1.165) is 11.1 Å². The van der Waals surface area contributed by atoms with Crippen molar-refractivity contribution < 1.29 is 0 Å². The van der Waals surface area contributed by atoms with E-state index < -0.39 is 0 Å². The molecule has 1 atom stereocenters. The van der Waals surface area contributed by atoms with E-state index in [4.69, 9.17) is 34.8 Å². The Morgan fingerprint density at radius 2 is 1.77 bits per heavy atom. The minimum absolute atomic E-state index is 0.149. The Bertz CT molecular complexity index is 334. The van der Waals surface area contributed by atoms with Gasteiger partial charge in [0, 0.05) is 9.85 Å². The molecule has 0 saturated heterocycles. The zero-order chi connectivity index (χ0) is 10.2. The second kappa shape index (κ2) is 4.39. The molecule has 0 aromatic heterocycles. The third kappa shape index (κ3) is 2.33. The Hall–Kier alpha value is 0.570. The molecular formula is C9H8BrCl3. The lowest BCUT2D eigenvalue weighted by Crippen LogP contribution is -1.90. The van der Waals surface area contributed by atoms with Gasteiger partial charge in [-0.3, -0.25) is 0 Å². The van der Waals surface area contributed by atoms with Crippen LogP contribution in [-0.4, -0.2) is 0 Å². The summed E-state index contributed by atoms with van der Waals surface area (Å²) in [4.78, 5) is 0.149. The SMILES string of the molecule is Cc1c(Cl)cc(C(C)Br)c(Cl)c1Cl. The first kappa shape index (κ1) is 11.6. The van der Waals surface area contributed by atoms with E-state index >= 15 is 0 Å². The molecule has 0 aliphatic rings. The lowest BCUT2D eigenvalue weighted by atomic mass is 10.1. The van der Waals surface area contributed by atoms with Gasteiger partial charge in [-0.15, -0.1) is 0 Å². The molecule has 0 bridgehead atoms. The van der Waals surface area contributed by atoms with Crippen LogP contribution in [0.15, 0.2) is 6.07 Å². The van der Waals surface area contributed by atoms with Gasteiger partial charge in [-0.2, -0.15) is 0 Å². The molecule has 0 aliphatic heterocycles. The van der Waals surface area contributed by atoms with Crippen LogP contribution in [0, 0.1) is 6.92 Å². The van der Waals surface area contributed by atoms with Crippen LogP contribution >= 0.6 is 50.7 Å². The summed E-state index contributed by atoms with van der Waals surface area (Å²) >= 11 is 21.4. The van der Waals surface area contributed by atoms with Crippen molar-refractivity contribution in [2.45, 2.75) is 18.7 Å². The molecule has 13 heavy (non-hydrogen) atoms. The fraction of sp³-hybridized carbons (Fsp3) is 0.333. The van der Waals surface area contributed by atoms with Gasteiger partial charge in [0.25, 0.3) is 0 Å². The van der Waals surface area contributed by atoms with Gasteiger partial charge in [-0.05, 0) is 31.0 Å². The highest BCUT2D eigenvalue weighted by molar-refractivity contribution is 9.09. The Kier molecular flexibility index (Phi) is 3.94. The second-order valence-electron chi connectivity index (χ2n) is 2.82. The van der Waals surface area contributed by atoms with E-state index in [2.05, 4.69) is 15.9 Å². The van der Waals surface area contributed by atoms with E-state index in [1.807, 2.05) is 19.9 Å². The molecule has 1 aromatic carbocycles. The van der Waals surface area contributed by atoms with Crippen molar-refractivity contribution in [2.24, 2.45) is 0 Å². The van der Waals surface area contributed by atoms with E-state index in [1.54, 1.807) is 0 Å². The standard InChI is InChI=1S/C9H8BrCl3/c1-4-7(11)3-6(5(2)10)9(13)8(4)12/h3,5H,1-2H3. The predicted octanol–water partition coefficient (Wildman–Crippen LogP) is 5.41. The van der Waals surface area contributed by atoms with E-state index in [9.17, 15) is 0 Å². The Morgan fingerprint density at radius 1 is 1.23 bits per heavy atom. The molecule has 72 valence electrons. The molecule has 0 N–H and O–H groups in total. The van der Waals surface area contributed by atoms with Gasteiger partial charge in [0.1, 0.15) is 0 Å². The maximum absolute atomic E-state index is 6.04. The summed E-state index contributed by atoms with van der Waals surface area (Å²) in [6.45, 7) is 3.82. The average Bonchev–Trinajstić information content (AvgIpc) is 2.07. The molecule has 1 rings (SSSR count). The molecular weight excluding hydrogens is 294 g/mol. The van der Waals surface area contributed by atoms with Crippen molar-refractivity contribution >= 4 is 50.7 Å². The Morgan fingerprint density at radius 3 is 2.23 bits per heavy atom. The monoisotopic (exact) mass is 300 g/mol. The van der Waals surface area contributed by atoms with E-state index in [1.165, 1.54) is 0 Å². The van der Waals surface area contributed by atoms with Gasteiger partial charge >= 0.3 is 0 Å². The highest BCUT2D eigenvalue weighted by atomic mass is 79.9. The highest BCUT2D eigenvalue weighted by Gasteiger charge is 2.14. The maximum atomic E-state index is 6.04. The van der Waals surface area contributed by atoms with Crippen molar-refractivity contribution in [1.82, 2.24) is 0 Å². The molecule has 0 nitrogen and oxygen atoms in total. The lowest BCUT2D eigenvalue weighted by molar-refractivity contribution is 1.12.